The molecule has 0 amide bonds. The van der Waals surface area contributed by atoms with Crippen molar-refractivity contribution in [3.8, 4) is 0 Å². The summed E-state index contributed by atoms with van der Waals surface area (Å²) in [6.45, 7) is 0. The first-order chi connectivity index (χ1) is 7.70. The molecule has 0 saturated heterocycles. The summed E-state index contributed by atoms with van der Waals surface area (Å²) in [5, 5.41) is 0. The van der Waals surface area contributed by atoms with Gasteiger partial charge in [0.1, 0.15) is 0 Å². The van der Waals surface area contributed by atoms with Crippen LogP contribution >= 0.6 is 0 Å². The summed E-state index contributed by atoms with van der Waals surface area (Å²) in [6.07, 6.45) is 10.9. The van der Waals surface area contributed by atoms with Crippen LogP contribution in [0.5, 0.6) is 0 Å². The Labute approximate surface area is 99.7 Å². The van der Waals surface area contributed by atoms with Crippen molar-refractivity contribution in [1.82, 2.24) is 10.3 Å². The summed E-state index contributed by atoms with van der Waals surface area (Å²) in [6, 6.07) is 0.493. The predicted molar refractivity (Wildman–Crippen MR) is 68.0 cm³/mol. The van der Waals surface area contributed by atoms with Gasteiger partial charge in [0.25, 0.3) is 0 Å². The summed E-state index contributed by atoms with van der Waals surface area (Å²) in [7, 11) is 4.45. The minimum Gasteiger partial charge on any atom is -0.302 e. The quantitative estimate of drug-likeness (QED) is 0.567. The fourth-order valence-corrected chi connectivity index (χ4v) is 4.04. The van der Waals surface area contributed by atoms with Gasteiger partial charge in [-0.3, -0.25) is 11.3 Å². The molecule has 2 aliphatic carbocycles. The molecule has 2 aliphatic rings. The zero-order valence-corrected chi connectivity index (χ0v) is 10.8. The first-order valence-electron chi connectivity index (χ1n) is 6.84. The SMILES string of the molecule is CN(C)C1(C(NN)C2CCCC2)CCCC1. The number of nitrogens with one attached hydrogen (secondary N) is 1. The van der Waals surface area contributed by atoms with Crippen molar-refractivity contribution in [2.75, 3.05) is 14.1 Å². The normalized spacial score (nSPS) is 27.8. The van der Waals surface area contributed by atoms with Crippen molar-refractivity contribution in [3.05, 3.63) is 0 Å². The van der Waals surface area contributed by atoms with Gasteiger partial charge in [-0.25, -0.2) is 0 Å². The minimum atomic E-state index is 0.323. The lowest BCUT2D eigenvalue weighted by Gasteiger charge is -2.45. The molecule has 0 aliphatic heterocycles. The van der Waals surface area contributed by atoms with Gasteiger partial charge in [-0.1, -0.05) is 25.7 Å². The average molecular weight is 225 g/mol. The molecule has 0 spiro atoms. The second kappa shape index (κ2) is 5.03. The molecular formula is C13H27N3. The van der Waals surface area contributed by atoms with E-state index in [0.29, 0.717) is 11.6 Å². The Bertz CT molecular complexity index is 215. The molecule has 1 atom stereocenters. The number of rotatable bonds is 4. The Morgan fingerprint density at radius 3 is 2.12 bits per heavy atom. The Morgan fingerprint density at radius 2 is 1.69 bits per heavy atom. The van der Waals surface area contributed by atoms with Crippen LogP contribution in [-0.4, -0.2) is 30.6 Å². The van der Waals surface area contributed by atoms with E-state index in [1.807, 2.05) is 0 Å². The molecule has 3 N–H and O–H groups in total. The van der Waals surface area contributed by atoms with E-state index < -0.39 is 0 Å². The molecule has 2 rings (SSSR count). The number of hydrazine groups is 1. The van der Waals surface area contributed by atoms with E-state index in [4.69, 9.17) is 5.84 Å². The molecule has 1 unspecified atom stereocenters. The van der Waals surface area contributed by atoms with E-state index in [-0.39, 0.29) is 0 Å². The van der Waals surface area contributed by atoms with Crippen molar-refractivity contribution < 1.29 is 0 Å². The number of nitrogens with two attached hydrogens (primary N) is 1. The van der Waals surface area contributed by atoms with Crippen molar-refractivity contribution in [3.63, 3.8) is 0 Å². The van der Waals surface area contributed by atoms with Gasteiger partial charge in [0, 0.05) is 11.6 Å². The maximum absolute atomic E-state index is 5.88. The van der Waals surface area contributed by atoms with Gasteiger partial charge in [-0.15, -0.1) is 0 Å². The molecular weight excluding hydrogens is 198 g/mol. The van der Waals surface area contributed by atoms with Crippen molar-refractivity contribution in [2.45, 2.75) is 62.9 Å². The Kier molecular flexibility index (Phi) is 3.88. The monoisotopic (exact) mass is 225 g/mol. The number of hydrogen-bond acceptors (Lipinski definition) is 3. The van der Waals surface area contributed by atoms with Crippen LogP contribution < -0.4 is 11.3 Å². The predicted octanol–water partition coefficient (Wildman–Crippen LogP) is 1.88. The highest BCUT2D eigenvalue weighted by molar-refractivity contribution is 5.04. The third-order valence-electron chi connectivity index (χ3n) is 4.99. The highest BCUT2D eigenvalue weighted by Gasteiger charge is 2.46. The Hall–Kier alpha value is -0.120. The van der Waals surface area contributed by atoms with E-state index in [1.54, 1.807) is 0 Å². The van der Waals surface area contributed by atoms with Crippen LogP contribution in [0.1, 0.15) is 51.4 Å². The highest BCUT2D eigenvalue weighted by Crippen LogP contribution is 2.42. The van der Waals surface area contributed by atoms with E-state index in [2.05, 4.69) is 24.4 Å². The first-order valence-corrected chi connectivity index (χ1v) is 6.84. The van der Waals surface area contributed by atoms with Crippen LogP contribution in [0.25, 0.3) is 0 Å². The summed E-state index contributed by atoms with van der Waals surface area (Å²) >= 11 is 0. The highest BCUT2D eigenvalue weighted by atomic mass is 15.3. The van der Waals surface area contributed by atoms with E-state index in [9.17, 15) is 0 Å². The first kappa shape index (κ1) is 12.3. The van der Waals surface area contributed by atoms with Gasteiger partial charge in [0.2, 0.25) is 0 Å². The summed E-state index contributed by atoms with van der Waals surface area (Å²) in [5.41, 5.74) is 3.49. The van der Waals surface area contributed by atoms with Crippen LogP contribution in [-0.2, 0) is 0 Å². The fraction of sp³-hybridized carbons (Fsp3) is 1.00. The maximum Gasteiger partial charge on any atom is 0.0422 e. The minimum absolute atomic E-state index is 0.323. The maximum atomic E-state index is 5.88. The van der Waals surface area contributed by atoms with E-state index >= 15 is 0 Å². The topological polar surface area (TPSA) is 41.3 Å². The Morgan fingerprint density at radius 1 is 1.12 bits per heavy atom. The second-order valence-electron chi connectivity index (χ2n) is 5.89. The molecule has 3 nitrogen and oxygen atoms in total. The van der Waals surface area contributed by atoms with Crippen molar-refractivity contribution in [2.24, 2.45) is 11.8 Å². The van der Waals surface area contributed by atoms with Crippen LogP contribution in [0, 0.1) is 5.92 Å². The van der Waals surface area contributed by atoms with Gasteiger partial charge in [0.05, 0.1) is 0 Å². The largest absolute Gasteiger partial charge is 0.302 e. The lowest BCUT2D eigenvalue weighted by atomic mass is 9.79. The molecule has 0 heterocycles. The molecule has 0 aromatic carbocycles. The average Bonchev–Trinajstić information content (AvgIpc) is 2.89. The van der Waals surface area contributed by atoms with Crippen molar-refractivity contribution >= 4 is 0 Å². The smallest absolute Gasteiger partial charge is 0.0422 e. The molecule has 0 aromatic heterocycles. The zero-order valence-electron chi connectivity index (χ0n) is 10.8. The van der Waals surface area contributed by atoms with Gasteiger partial charge in [-0.2, -0.15) is 0 Å². The van der Waals surface area contributed by atoms with E-state index in [0.717, 1.165) is 5.92 Å². The number of nitrogens with zero attached hydrogens (tertiary/aromatic N) is 1. The molecule has 16 heavy (non-hydrogen) atoms. The molecule has 2 saturated carbocycles. The van der Waals surface area contributed by atoms with Crippen LogP contribution in [0.3, 0.4) is 0 Å². The molecule has 0 radical (unpaired) electrons. The third kappa shape index (κ3) is 2.01. The van der Waals surface area contributed by atoms with Gasteiger partial charge in [0.15, 0.2) is 0 Å². The lowest BCUT2D eigenvalue weighted by Crippen LogP contribution is -2.61. The van der Waals surface area contributed by atoms with Gasteiger partial charge >= 0.3 is 0 Å². The summed E-state index contributed by atoms with van der Waals surface area (Å²) in [5.74, 6) is 6.68. The summed E-state index contributed by atoms with van der Waals surface area (Å²) in [4.78, 5) is 2.43. The molecule has 3 heteroatoms. The molecule has 0 bridgehead atoms. The third-order valence-corrected chi connectivity index (χ3v) is 4.99. The second-order valence-corrected chi connectivity index (χ2v) is 5.89. The molecule has 94 valence electrons. The molecule has 2 fully saturated rings. The standard InChI is InChI=1S/C13H27N3/c1-16(2)13(9-5-6-10-13)12(15-14)11-7-3-4-8-11/h11-12,15H,3-10,14H2,1-2H3. The van der Waals surface area contributed by atoms with Gasteiger partial charge < -0.3 is 4.90 Å². The Balaban J connectivity index is 2.15. The fourth-order valence-electron chi connectivity index (χ4n) is 4.04. The van der Waals surface area contributed by atoms with E-state index in [1.165, 1.54) is 51.4 Å². The van der Waals surface area contributed by atoms with Crippen molar-refractivity contribution in [1.29, 1.82) is 0 Å². The number of hydrogen-bond donors (Lipinski definition) is 2. The number of likely N-dealkylation sites (N-methyl/N-ethyl adjacent to an activating group) is 1. The van der Waals surface area contributed by atoms with Crippen LogP contribution in [0.15, 0.2) is 0 Å². The van der Waals surface area contributed by atoms with Gasteiger partial charge in [-0.05, 0) is 45.7 Å². The zero-order chi connectivity index (χ0) is 11.6. The van der Waals surface area contributed by atoms with Crippen LogP contribution in [0.2, 0.25) is 0 Å². The van der Waals surface area contributed by atoms with Crippen LogP contribution in [0.4, 0.5) is 0 Å². The summed E-state index contributed by atoms with van der Waals surface area (Å²) < 4.78 is 0. The molecule has 0 aromatic rings. The lowest BCUT2D eigenvalue weighted by molar-refractivity contribution is 0.0744.